The third kappa shape index (κ3) is 4.76. The number of ether oxygens (including phenoxy) is 1. The molecule has 8 heteroatoms. The number of rotatable bonds is 5. The molecule has 0 unspecified atom stereocenters. The van der Waals surface area contributed by atoms with Crippen molar-refractivity contribution in [3.63, 3.8) is 0 Å². The van der Waals surface area contributed by atoms with Crippen molar-refractivity contribution in [2.24, 2.45) is 0 Å². The number of benzene rings is 1. The van der Waals surface area contributed by atoms with Crippen molar-refractivity contribution in [1.82, 2.24) is 4.98 Å². The number of carbonyl (C=O) groups is 1. The standard InChI is InChI=1S/C18H15F3N2O2S/c1-3-25-16(24)10-26-17-13(9-22)14(18(19,20)21)8-15(23-17)12-6-4-11(2)5-7-12/h4-8H,3,10H2,1-2H3. The number of thioether (sulfide) groups is 1. The first-order chi connectivity index (χ1) is 12.3. The van der Waals surface area contributed by atoms with Crippen LogP contribution >= 0.6 is 11.8 Å². The van der Waals surface area contributed by atoms with Gasteiger partial charge in [0, 0.05) is 5.56 Å². The summed E-state index contributed by atoms with van der Waals surface area (Å²) in [7, 11) is 0. The zero-order valence-electron chi connectivity index (χ0n) is 14.1. The van der Waals surface area contributed by atoms with Gasteiger partial charge in [-0.05, 0) is 19.9 Å². The number of esters is 1. The van der Waals surface area contributed by atoms with Crippen molar-refractivity contribution in [2.75, 3.05) is 12.4 Å². The van der Waals surface area contributed by atoms with Gasteiger partial charge in [-0.2, -0.15) is 18.4 Å². The second-order valence-corrected chi connectivity index (χ2v) is 6.27. The number of halogens is 3. The van der Waals surface area contributed by atoms with Crippen LogP contribution in [-0.4, -0.2) is 23.3 Å². The van der Waals surface area contributed by atoms with Crippen molar-refractivity contribution < 1.29 is 22.7 Å². The summed E-state index contributed by atoms with van der Waals surface area (Å²) in [5.41, 5.74) is -0.138. The van der Waals surface area contributed by atoms with Crippen molar-refractivity contribution in [2.45, 2.75) is 25.0 Å². The van der Waals surface area contributed by atoms with Gasteiger partial charge in [-0.3, -0.25) is 4.79 Å². The summed E-state index contributed by atoms with van der Waals surface area (Å²) in [6, 6.07) is 9.25. The van der Waals surface area contributed by atoms with Crippen LogP contribution in [0.25, 0.3) is 11.3 Å². The predicted octanol–water partition coefficient (Wildman–Crippen LogP) is 4.60. The van der Waals surface area contributed by atoms with Crippen LogP contribution in [0.4, 0.5) is 13.2 Å². The van der Waals surface area contributed by atoms with E-state index in [1.54, 1.807) is 37.3 Å². The van der Waals surface area contributed by atoms with Gasteiger partial charge in [0.2, 0.25) is 0 Å². The molecule has 1 aromatic heterocycles. The molecule has 2 aromatic rings. The van der Waals surface area contributed by atoms with Gasteiger partial charge < -0.3 is 4.74 Å². The summed E-state index contributed by atoms with van der Waals surface area (Å²) in [5.74, 6) is -0.818. The molecule has 0 bridgehead atoms. The number of carbonyl (C=O) groups excluding carboxylic acids is 1. The number of nitriles is 1. The van der Waals surface area contributed by atoms with Crippen LogP contribution in [0, 0.1) is 18.3 Å². The molecule has 0 saturated heterocycles. The molecule has 0 aliphatic rings. The van der Waals surface area contributed by atoms with Gasteiger partial charge >= 0.3 is 12.1 Å². The summed E-state index contributed by atoms with van der Waals surface area (Å²) in [5, 5.41) is 9.06. The Balaban J connectivity index is 2.53. The van der Waals surface area contributed by atoms with Gasteiger partial charge in [0.1, 0.15) is 11.1 Å². The molecule has 0 amide bonds. The zero-order valence-corrected chi connectivity index (χ0v) is 14.9. The highest BCUT2D eigenvalue weighted by atomic mass is 32.2. The Kier molecular flexibility index (Phi) is 6.27. The van der Waals surface area contributed by atoms with E-state index in [9.17, 15) is 23.2 Å². The number of hydrogen-bond acceptors (Lipinski definition) is 5. The predicted molar refractivity (Wildman–Crippen MR) is 91.5 cm³/mol. The summed E-state index contributed by atoms with van der Waals surface area (Å²) < 4.78 is 45.0. The number of aryl methyl sites for hydroxylation is 1. The van der Waals surface area contributed by atoms with E-state index in [0.29, 0.717) is 5.56 Å². The molecule has 1 aromatic carbocycles. The van der Waals surface area contributed by atoms with E-state index in [4.69, 9.17) is 4.74 Å². The lowest BCUT2D eigenvalue weighted by Gasteiger charge is -2.14. The number of hydrogen-bond donors (Lipinski definition) is 0. The maximum Gasteiger partial charge on any atom is 0.417 e. The summed E-state index contributed by atoms with van der Waals surface area (Å²) in [6.07, 6.45) is -4.72. The lowest BCUT2D eigenvalue weighted by molar-refractivity contribution is -0.140. The molecule has 4 nitrogen and oxygen atoms in total. The van der Waals surface area contributed by atoms with Crippen molar-refractivity contribution >= 4 is 17.7 Å². The van der Waals surface area contributed by atoms with E-state index in [2.05, 4.69) is 4.98 Å². The first-order valence-electron chi connectivity index (χ1n) is 7.64. The Morgan fingerprint density at radius 2 is 1.96 bits per heavy atom. The molecule has 26 heavy (non-hydrogen) atoms. The summed E-state index contributed by atoms with van der Waals surface area (Å²) in [4.78, 5) is 15.7. The number of nitrogens with zero attached hydrogens (tertiary/aromatic N) is 2. The van der Waals surface area contributed by atoms with Crippen LogP contribution in [0.5, 0.6) is 0 Å². The minimum Gasteiger partial charge on any atom is -0.465 e. The van der Waals surface area contributed by atoms with Crippen molar-refractivity contribution in [3.8, 4) is 17.3 Å². The van der Waals surface area contributed by atoms with Gasteiger partial charge in [-0.15, -0.1) is 0 Å². The van der Waals surface area contributed by atoms with Gasteiger partial charge in [0.15, 0.2) is 0 Å². The Morgan fingerprint density at radius 1 is 1.31 bits per heavy atom. The SMILES string of the molecule is CCOC(=O)CSc1nc(-c2ccc(C)cc2)cc(C(F)(F)F)c1C#N. The molecule has 0 fully saturated rings. The van der Waals surface area contributed by atoms with Gasteiger partial charge in [0.05, 0.1) is 29.2 Å². The molecule has 0 aliphatic carbocycles. The quantitative estimate of drug-likeness (QED) is 0.560. The van der Waals surface area contributed by atoms with Crippen LogP contribution < -0.4 is 0 Å². The average Bonchev–Trinajstić information content (AvgIpc) is 2.59. The van der Waals surface area contributed by atoms with E-state index >= 15 is 0 Å². The molecule has 0 N–H and O–H groups in total. The lowest BCUT2D eigenvalue weighted by atomic mass is 10.0. The first-order valence-corrected chi connectivity index (χ1v) is 8.62. The molecule has 0 atom stereocenters. The largest absolute Gasteiger partial charge is 0.465 e. The Morgan fingerprint density at radius 3 is 2.50 bits per heavy atom. The topological polar surface area (TPSA) is 63.0 Å². The monoisotopic (exact) mass is 380 g/mol. The van der Waals surface area contributed by atoms with E-state index in [1.165, 1.54) is 0 Å². The van der Waals surface area contributed by atoms with Crippen LogP contribution in [0.1, 0.15) is 23.6 Å². The molecule has 0 aliphatic heterocycles. The molecule has 2 rings (SSSR count). The first kappa shape index (κ1) is 19.8. The Bertz CT molecular complexity index is 843. The molecule has 0 radical (unpaired) electrons. The molecule has 0 saturated carbocycles. The minimum absolute atomic E-state index is 0.0858. The summed E-state index contributed by atoms with van der Waals surface area (Å²) >= 11 is 0.754. The third-order valence-electron chi connectivity index (χ3n) is 3.38. The Labute approximate surface area is 153 Å². The van der Waals surface area contributed by atoms with Crippen LogP contribution in [0.3, 0.4) is 0 Å². The second-order valence-electron chi connectivity index (χ2n) is 5.30. The highest BCUT2D eigenvalue weighted by Gasteiger charge is 2.36. The van der Waals surface area contributed by atoms with E-state index < -0.39 is 23.3 Å². The third-order valence-corrected chi connectivity index (χ3v) is 4.33. The van der Waals surface area contributed by atoms with Gasteiger partial charge in [0.25, 0.3) is 0 Å². The normalized spacial score (nSPS) is 11.1. The minimum atomic E-state index is -4.72. The van der Waals surface area contributed by atoms with Crippen LogP contribution in [0.2, 0.25) is 0 Å². The fourth-order valence-electron chi connectivity index (χ4n) is 2.16. The van der Waals surface area contributed by atoms with Gasteiger partial charge in [-0.25, -0.2) is 4.98 Å². The smallest absolute Gasteiger partial charge is 0.417 e. The number of aromatic nitrogens is 1. The summed E-state index contributed by atoms with van der Waals surface area (Å²) in [6.45, 7) is 3.65. The van der Waals surface area contributed by atoms with Crippen LogP contribution in [0.15, 0.2) is 35.4 Å². The van der Waals surface area contributed by atoms with Crippen LogP contribution in [-0.2, 0) is 15.7 Å². The number of alkyl halides is 3. The van der Waals surface area contributed by atoms with Crippen molar-refractivity contribution in [3.05, 3.63) is 47.0 Å². The maximum atomic E-state index is 13.4. The average molecular weight is 380 g/mol. The molecular weight excluding hydrogens is 365 g/mol. The molecule has 0 spiro atoms. The molecular formula is C18H15F3N2O2S. The fourth-order valence-corrected chi connectivity index (χ4v) is 2.96. The van der Waals surface area contributed by atoms with E-state index in [0.717, 1.165) is 23.4 Å². The van der Waals surface area contributed by atoms with E-state index in [1.807, 2.05) is 6.92 Å². The van der Waals surface area contributed by atoms with Crippen molar-refractivity contribution in [1.29, 1.82) is 5.26 Å². The highest BCUT2D eigenvalue weighted by Crippen LogP contribution is 2.37. The van der Waals surface area contributed by atoms with E-state index in [-0.39, 0.29) is 23.1 Å². The Hall–Kier alpha value is -2.53. The lowest BCUT2D eigenvalue weighted by Crippen LogP contribution is -2.12. The molecule has 1 heterocycles. The highest BCUT2D eigenvalue weighted by molar-refractivity contribution is 7.99. The number of pyridine rings is 1. The zero-order chi connectivity index (χ0) is 19.3. The maximum absolute atomic E-state index is 13.4. The van der Waals surface area contributed by atoms with Gasteiger partial charge in [-0.1, -0.05) is 41.6 Å². The fraction of sp³-hybridized carbons (Fsp3) is 0.278. The second kappa shape index (κ2) is 8.23. The molecule has 136 valence electrons.